The van der Waals surface area contributed by atoms with E-state index in [4.69, 9.17) is 4.74 Å². The van der Waals surface area contributed by atoms with Crippen LogP contribution in [0.5, 0.6) is 0 Å². The van der Waals surface area contributed by atoms with E-state index in [2.05, 4.69) is 30.5 Å². The minimum absolute atomic E-state index is 0.137. The lowest BCUT2D eigenvalue weighted by molar-refractivity contribution is -0.142. The summed E-state index contributed by atoms with van der Waals surface area (Å²) in [6.45, 7) is 8.41. The third-order valence-corrected chi connectivity index (χ3v) is 10.5. The summed E-state index contributed by atoms with van der Waals surface area (Å²) in [4.78, 5) is 15.7. The zero-order valence-corrected chi connectivity index (χ0v) is 32.3. The largest absolute Gasteiger partial charge is 0.482 e. The molecule has 280 valence electrons. The van der Waals surface area contributed by atoms with Gasteiger partial charge in [0.1, 0.15) is 6.61 Å². The molecule has 2 unspecified atom stereocenters. The Bertz CT molecular complexity index is 657. The summed E-state index contributed by atoms with van der Waals surface area (Å²) in [5, 5.41) is 9.88. The van der Waals surface area contributed by atoms with E-state index in [1.54, 1.807) is 0 Å². The molecule has 2 atom stereocenters. The van der Waals surface area contributed by atoms with Gasteiger partial charge in [0.25, 0.3) is 0 Å². The van der Waals surface area contributed by atoms with Crippen LogP contribution in [0.25, 0.3) is 0 Å². The van der Waals surface area contributed by atoms with Gasteiger partial charge in [-0.15, -0.1) is 0 Å². The smallest absolute Gasteiger partial charge is 0.306 e. The lowest BCUT2D eigenvalue weighted by atomic mass is 9.84. The van der Waals surface area contributed by atoms with Gasteiger partial charge in [-0.1, -0.05) is 194 Å². The number of hydrogen-bond acceptors (Lipinski definition) is 4. The maximum atomic E-state index is 12.0. The van der Waals surface area contributed by atoms with Crippen LogP contribution in [0.2, 0.25) is 0 Å². The molecule has 0 aromatic heterocycles. The van der Waals surface area contributed by atoms with Crippen LogP contribution in [0.1, 0.15) is 226 Å². The highest BCUT2D eigenvalue weighted by molar-refractivity contribution is 5.69. The number of hydrogen-bond donors (Lipinski definition) is 1. The normalized spacial score (nSPS) is 14.4. The van der Waals surface area contributed by atoms with Gasteiger partial charge in [0.05, 0.1) is 18.1 Å². The highest BCUT2D eigenvalue weighted by Gasteiger charge is 2.29. The van der Waals surface area contributed by atoms with Crippen molar-refractivity contribution < 1.29 is 19.4 Å². The second-order valence-electron chi connectivity index (χ2n) is 14.6. The summed E-state index contributed by atoms with van der Waals surface area (Å²) in [6, 6.07) is 0. The lowest BCUT2D eigenvalue weighted by Gasteiger charge is -2.32. The number of unbranched alkanes of at least 4 members (excludes halogenated alkanes) is 25. The molecule has 0 bridgehead atoms. The number of carbonyl (C=O) groups is 1. The van der Waals surface area contributed by atoms with Crippen LogP contribution in [0.15, 0.2) is 4.99 Å². The molecule has 47 heavy (non-hydrogen) atoms. The van der Waals surface area contributed by atoms with E-state index in [0.717, 1.165) is 51.7 Å². The number of methoxy groups -OCH3 is 1. The first-order valence-electron chi connectivity index (χ1n) is 20.9. The first-order valence-corrected chi connectivity index (χ1v) is 20.9. The predicted octanol–water partition coefficient (Wildman–Crippen LogP) is 13.7. The quantitative estimate of drug-likeness (QED) is 0.0684. The van der Waals surface area contributed by atoms with E-state index in [1.807, 2.05) is 7.11 Å². The summed E-state index contributed by atoms with van der Waals surface area (Å²) in [5.74, 6) is -0.818. The Morgan fingerprint density at radius 2 is 1.04 bits per heavy atom. The Balaban J connectivity index is 0.00000383. The number of rotatable bonds is 35. The van der Waals surface area contributed by atoms with Gasteiger partial charge < -0.3 is 14.6 Å². The number of carboxylic acid groups (broad SMARTS) is 1. The van der Waals surface area contributed by atoms with E-state index in [9.17, 15) is 9.90 Å². The number of aliphatic carboxylic acids is 1. The molecular weight excluding hydrogens is 582 g/mol. The van der Waals surface area contributed by atoms with Crippen molar-refractivity contribution in [2.75, 3.05) is 20.3 Å². The zero-order chi connectivity index (χ0) is 34.5. The molecule has 1 heterocycles. The van der Waals surface area contributed by atoms with E-state index in [-0.39, 0.29) is 11.5 Å². The fourth-order valence-electron chi connectivity index (χ4n) is 6.97. The molecule has 0 aliphatic carbocycles. The van der Waals surface area contributed by atoms with Crippen LogP contribution in [-0.4, -0.2) is 43.3 Å². The fourth-order valence-corrected chi connectivity index (χ4v) is 6.97. The molecule has 1 rings (SSSR count). The van der Waals surface area contributed by atoms with Crippen LogP contribution in [0.4, 0.5) is 0 Å². The van der Waals surface area contributed by atoms with Crippen molar-refractivity contribution in [3.8, 4) is 0 Å². The highest BCUT2D eigenvalue weighted by Crippen LogP contribution is 2.32. The average Bonchev–Trinajstić information content (AvgIpc) is 3.68. The van der Waals surface area contributed by atoms with Gasteiger partial charge >= 0.3 is 5.97 Å². The molecule has 0 amide bonds. The van der Waals surface area contributed by atoms with Crippen molar-refractivity contribution >= 4 is 12.4 Å². The van der Waals surface area contributed by atoms with E-state index in [0.29, 0.717) is 0 Å². The number of carboxylic acids is 1. The Morgan fingerprint density at radius 1 is 0.638 bits per heavy atom. The first-order chi connectivity index (χ1) is 23.0. The minimum Gasteiger partial charge on any atom is -0.482 e. The average molecular weight is 666 g/mol. The molecule has 0 saturated carbocycles. The predicted molar refractivity (Wildman–Crippen MR) is 205 cm³/mol. The second-order valence-corrected chi connectivity index (χ2v) is 14.6. The molecule has 0 spiro atoms. The van der Waals surface area contributed by atoms with Crippen LogP contribution in [0, 0.1) is 5.92 Å². The van der Waals surface area contributed by atoms with Crippen LogP contribution < -0.4 is 0 Å². The molecule has 0 radical (unpaired) electrons. The number of nitrogens with zero attached hydrogens (tertiary/aromatic N) is 1. The number of aliphatic imine (C=N–C) groups is 1. The molecule has 0 fully saturated rings. The van der Waals surface area contributed by atoms with Crippen LogP contribution in [-0.2, 0) is 14.3 Å². The molecular formula is C42H83NO4. The Labute approximate surface area is 294 Å². The summed E-state index contributed by atoms with van der Waals surface area (Å²) in [7, 11) is 1.84. The highest BCUT2D eigenvalue weighted by atomic mass is 16.5. The van der Waals surface area contributed by atoms with Crippen molar-refractivity contribution in [3.05, 3.63) is 0 Å². The topological polar surface area (TPSA) is 68.1 Å². The third-order valence-electron chi connectivity index (χ3n) is 10.5. The Kier molecular flexibility index (Phi) is 35.3. The third kappa shape index (κ3) is 30.7. The first kappa shape index (κ1) is 45.9. The molecule has 5 heteroatoms. The number of ether oxygens (including phenoxy) is 2. The van der Waals surface area contributed by atoms with Crippen LogP contribution in [0.3, 0.4) is 0 Å². The molecule has 0 saturated heterocycles. The SMILES string of the molecule is C1=NCCO1.CCCCCCCCCCCCCCCCCCC(CCC(CC)(CCCCCCCCCCCCC)OC)C(=O)O. The van der Waals surface area contributed by atoms with Gasteiger partial charge in [-0.2, -0.15) is 0 Å². The van der Waals surface area contributed by atoms with Crippen molar-refractivity contribution in [2.24, 2.45) is 10.9 Å². The maximum Gasteiger partial charge on any atom is 0.306 e. The molecule has 0 aromatic carbocycles. The van der Waals surface area contributed by atoms with Crippen molar-refractivity contribution in [1.82, 2.24) is 0 Å². The molecule has 0 aromatic rings. The standard InChI is InChI=1S/C39H78O3.C3H5NO/c1-5-8-10-12-14-16-18-19-20-21-22-23-25-27-29-31-33-37(38(40)41)34-36-39(7-3,42-4)35-32-30-28-26-24-17-15-13-11-9-6-2;1-2-5-3-4-1/h37H,5-36H2,1-4H3,(H,40,41);3H,1-2H2. The summed E-state index contributed by atoms with van der Waals surface area (Å²) < 4.78 is 10.7. The Morgan fingerprint density at radius 3 is 1.34 bits per heavy atom. The van der Waals surface area contributed by atoms with Gasteiger partial charge in [0, 0.05) is 7.11 Å². The van der Waals surface area contributed by atoms with Gasteiger partial charge in [-0.25, -0.2) is 0 Å². The lowest BCUT2D eigenvalue weighted by Crippen LogP contribution is -2.32. The molecule has 1 N–H and O–H groups in total. The van der Waals surface area contributed by atoms with Gasteiger partial charge in [0.2, 0.25) is 0 Å². The maximum absolute atomic E-state index is 12.0. The summed E-state index contributed by atoms with van der Waals surface area (Å²) in [6.07, 6.45) is 42.6. The van der Waals surface area contributed by atoms with Crippen LogP contribution >= 0.6 is 0 Å². The van der Waals surface area contributed by atoms with Gasteiger partial charge in [0.15, 0.2) is 6.40 Å². The molecule has 1 aliphatic heterocycles. The summed E-state index contributed by atoms with van der Waals surface area (Å²) >= 11 is 0. The van der Waals surface area contributed by atoms with Crippen molar-refractivity contribution in [2.45, 2.75) is 232 Å². The second kappa shape index (κ2) is 36.2. The van der Waals surface area contributed by atoms with Gasteiger partial charge in [-0.3, -0.25) is 9.79 Å². The van der Waals surface area contributed by atoms with E-state index < -0.39 is 5.97 Å². The monoisotopic (exact) mass is 666 g/mol. The fraction of sp³-hybridized carbons (Fsp3) is 0.952. The van der Waals surface area contributed by atoms with Crippen molar-refractivity contribution in [3.63, 3.8) is 0 Å². The van der Waals surface area contributed by atoms with E-state index >= 15 is 0 Å². The zero-order valence-electron chi connectivity index (χ0n) is 32.3. The van der Waals surface area contributed by atoms with Gasteiger partial charge in [-0.05, 0) is 32.1 Å². The summed E-state index contributed by atoms with van der Waals surface area (Å²) in [5.41, 5.74) is -0.137. The molecule has 5 nitrogen and oxygen atoms in total. The molecule has 1 aliphatic rings. The minimum atomic E-state index is -0.605. The van der Waals surface area contributed by atoms with E-state index in [1.165, 1.54) is 173 Å². The Hall–Kier alpha value is -1.10. The van der Waals surface area contributed by atoms with Crippen molar-refractivity contribution in [1.29, 1.82) is 0 Å².